The number of benzene rings is 4. The highest BCUT2D eigenvalue weighted by atomic mass is 19.4. The Labute approximate surface area is 455 Å². The zero-order valence-corrected chi connectivity index (χ0v) is 43.9. The Balaban J connectivity index is 0.000000192. The second-order valence-electron chi connectivity index (χ2n) is 19.6. The Bertz CT molecular complexity index is 2940. The van der Waals surface area contributed by atoms with Crippen molar-refractivity contribution in [3.63, 3.8) is 0 Å². The number of nitrogens with zero attached hydrogens (tertiary/aromatic N) is 10. The third-order valence-corrected chi connectivity index (χ3v) is 13.6. The molecule has 2 aromatic heterocycles. The van der Waals surface area contributed by atoms with Crippen molar-refractivity contribution in [2.75, 3.05) is 103 Å². The monoisotopic (exact) mass is 1090 g/mol. The van der Waals surface area contributed by atoms with Gasteiger partial charge in [-0.15, -0.1) is 0 Å². The normalized spacial score (nSPS) is 17.2. The van der Waals surface area contributed by atoms with Crippen LogP contribution in [0.25, 0.3) is 11.4 Å². The minimum atomic E-state index is -4.51. The Hall–Kier alpha value is -7.72. The molecule has 0 saturated carbocycles. The molecule has 4 aromatic carbocycles. The van der Waals surface area contributed by atoms with E-state index in [4.69, 9.17) is 18.9 Å². The summed E-state index contributed by atoms with van der Waals surface area (Å²) in [5.41, 5.74) is 7.70. The van der Waals surface area contributed by atoms with Gasteiger partial charge in [0.05, 0.1) is 13.2 Å². The Morgan fingerprint density at radius 2 is 0.823 bits per heavy atom. The minimum Gasteiger partial charge on any atom is -0.494 e. The lowest BCUT2D eigenvalue weighted by atomic mass is 10.1. The Morgan fingerprint density at radius 3 is 1.23 bits per heavy atom. The van der Waals surface area contributed by atoms with E-state index in [0.29, 0.717) is 50.8 Å². The summed E-state index contributed by atoms with van der Waals surface area (Å²) in [6.07, 6.45) is -5.42. The summed E-state index contributed by atoms with van der Waals surface area (Å²) in [6.45, 7) is 17.3. The number of hydrogen-bond donors (Lipinski definition) is 2. The van der Waals surface area contributed by atoms with Crippen molar-refractivity contribution < 1.29 is 45.3 Å². The van der Waals surface area contributed by atoms with Gasteiger partial charge in [-0.2, -0.15) is 56.2 Å². The van der Waals surface area contributed by atoms with Gasteiger partial charge in [-0.05, 0) is 83.5 Å². The average Bonchev–Trinajstić information content (AvgIpc) is 3.46. The Kier molecular flexibility index (Phi) is 18.6. The molecule has 0 amide bonds. The predicted molar refractivity (Wildman–Crippen MR) is 288 cm³/mol. The van der Waals surface area contributed by atoms with Crippen LogP contribution in [0.3, 0.4) is 0 Å². The fourth-order valence-electron chi connectivity index (χ4n) is 9.25. The van der Waals surface area contributed by atoms with Crippen molar-refractivity contribution in [2.24, 2.45) is 0 Å². The van der Waals surface area contributed by atoms with Gasteiger partial charge in [-0.25, -0.2) is 0 Å². The molecule has 14 heterocycles. The molecule has 2 N–H and O–H groups in total. The van der Waals surface area contributed by atoms with Crippen LogP contribution in [0.5, 0.6) is 23.5 Å². The molecule has 12 aliphatic rings. The highest BCUT2D eigenvalue weighted by Gasteiger charge is 2.30. The molecule has 2 fully saturated rings. The number of ether oxygens (including phenoxy) is 4. The molecule has 16 nitrogen and oxygen atoms in total. The summed E-state index contributed by atoms with van der Waals surface area (Å²) in [7, 11) is 0. The number of piperazine rings is 2. The number of hydrogen-bond acceptors (Lipinski definition) is 16. The quantitative estimate of drug-likeness (QED) is 0.161. The van der Waals surface area contributed by atoms with Gasteiger partial charge in [0.1, 0.15) is 23.1 Å². The third-order valence-electron chi connectivity index (χ3n) is 13.6. The van der Waals surface area contributed by atoms with Crippen LogP contribution in [-0.2, 0) is 25.9 Å². The average molecular weight is 1100 g/mol. The molecule has 18 rings (SSSR count). The first-order chi connectivity index (χ1) is 38.1. The van der Waals surface area contributed by atoms with Gasteiger partial charge in [-0.1, -0.05) is 86.0 Å². The fraction of sp³-hybridized carbons (Fsp3) is 0.404. The summed E-state index contributed by atoms with van der Waals surface area (Å²) in [4.78, 5) is 34.8. The number of aromatic nitrogens is 6. The van der Waals surface area contributed by atoms with Crippen molar-refractivity contribution >= 4 is 23.3 Å². The minimum absolute atomic E-state index is 0.138. The van der Waals surface area contributed by atoms with Crippen molar-refractivity contribution in [3.8, 4) is 23.5 Å². The lowest BCUT2D eigenvalue weighted by Crippen LogP contribution is -2.45. The van der Waals surface area contributed by atoms with Gasteiger partial charge in [0.15, 0.2) is 13.2 Å². The maximum atomic E-state index is 12.8. The van der Waals surface area contributed by atoms with E-state index in [9.17, 15) is 26.3 Å². The van der Waals surface area contributed by atoms with Crippen LogP contribution in [-0.4, -0.2) is 154 Å². The van der Waals surface area contributed by atoms with Gasteiger partial charge >= 0.3 is 24.4 Å². The van der Waals surface area contributed by atoms with E-state index in [-0.39, 0.29) is 23.9 Å². The molecule has 0 unspecified atom stereocenters. The molecule has 6 aromatic rings. The second kappa shape index (κ2) is 26.3. The molecule has 0 spiro atoms. The van der Waals surface area contributed by atoms with E-state index in [1.54, 1.807) is 0 Å². The predicted octanol–water partition coefficient (Wildman–Crippen LogP) is 9.16. The SMILES string of the molecule is C=C1c2ccc(cc2)Cc2nc(nc(OCC(F)(F)F)n2)NCc2ccc(cc2)OCCCCN2CCN1CC2.C=C1c2ccc(cc2)Cc2nc(nc(OCC(F)(F)F)n2)NCc2ccc(cc2)OCCCN2CCN1CC2. The molecule has 0 atom stereocenters. The summed E-state index contributed by atoms with van der Waals surface area (Å²) < 4.78 is 98.2. The van der Waals surface area contributed by atoms with Crippen molar-refractivity contribution in [3.05, 3.63) is 155 Å². The third kappa shape index (κ3) is 17.4. The molecule has 79 heavy (non-hydrogen) atoms. The number of halogens is 6. The Morgan fingerprint density at radius 1 is 0.443 bits per heavy atom. The molecule has 22 heteroatoms. The topological polar surface area (TPSA) is 151 Å². The number of alkyl halides is 6. The molecule has 0 aliphatic carbocycles. The lowest BCUT2D eigenvalue weighted by Gasteiger charge is -2.37. The maximum Gasteiger partial charge on any atom is 0.422 e. The zero-order valence-electron chi connectivity index (χ0n) is 43.9. The lowest BCUT2D eigenvalue weighted by molar-refractivity contribution is -0.155. The van der Waals surface area contributed by atoms with Crippen LogP contribution in [0, 0.1) is 0 Å². The van der Waals surface area contributed by atoms with Gasteiger partial charge in [0, 0.05) is 96.2 Å². The van der Waals surface area contributed by atoms with Crippen LogP contribution < -0.4 is 29.6 Å². The van der Waals surface area contributed by atoms with Gasteiger partial charge in [-0.3, -0.25) is 9.80 Å². The molecule has 0 radical (unpaired) electrons. The standard InChI is InChI=1S/C29H33F3N6O2.C28H31F3N6O2/c1-21-24-8-4-22(5-9-24)18-26-34-27(36-28(35-26)40-20-29(30,31)32)33-19-23-6-10-25(11-7-23)39-17-3-2-12-37-13-15-38(21)16-14-37;1-20-23-7-3-21(4-8-23)17-25-33-26(35-27(34-25)39-19-28(29,30)31)32-18-22-5-9-24(10-6-22)38-16-2-11-36-12-14-37(20)15-13-36/h4-11H,1-3,12-20H2,(H,33,34,35,36);3-10H,1-2,11-19H2,(H,32,33,34,35). The van der Waals surface area contributed by atoms with Crippen molar-refractivity contribution in [2.45, 2.75) is 57.5 Å². The summed E-state index contributed by atoms with van der Waals surface area (Å²) >= 11 is 0. The zero-order chi connectivity index (χ0) is 55.2. The fourth-order valence-corrected chi connectivity index (χ4v) is 9.25. The summed E-state index contributed by atoms with van der Waals surface area (Å²) in [6, 6.07) is 30.4. The number of anilines is 2. The maximum absolute atomic E-state index is 12.8. The smallest absolute Gasteiger partial charge is 0.422 e. The van der Waals surface area contributed by atoms with Crippen molar-refractivity contribution in [1.82, 2.24) is 49.5 Å². The molecular formula is C57H64F6N12O4. The first-order valence-corrected chi connectivity index (χ1v) is 26.4. The van der Waals surface area contributed by atoms with E-state index < -0.39 is 25.6 Å². The molecule has 12 aliphatic heterocycles. The summed E-state index contributed by atoms with van der Waals surface area (Å²) in [5.74, 6) is 2.46. The number of nitrogens with one attached hydrogen (secondary N) is 2. The highest BCUT2D eigenvalue weighted by Crippen LogP contribution is 2.26. The van der Waals surface area contributed by atoms with Gasteiger partial charge in [0.25, 0.3) is 0 Å². The van der Waals surface area contributed by atoms with Crippen LogP contribution in [0.1, 0.15) is 64.3 Å². The first kappa shape index (κ1) is 56.0. The number of rotatable bonds is 4. The van der Waals surface area contributed by atoms with Crippen LogP contribution in [0.4, 0.5) is 38.2 Å². The van der Waals surface area contributed by atoms with Crippen LogP contribution >= 0.6 is 0 Å². The van der Waals surface area contributed by atoms with E-state index >= 15 is 0 Å². The summed E-state index contributed by atoms with van der Waals surface area (Å²) in [5, 5.41) is 6.15. The van der Waals surface area contributed by atoms with Crippen LogP contribution in [0.15, 0.2) is 110 Å². The molecular weight excluding hydrogens is 1030 g/mol. The van der Waals surface area contributed by atoms with Gasteiger partial charge in [0.2, 0.25) is 11.9 Å². The highest BCUT2D eigenvalue weighted by molar-refractivity contribution is 5.63. The molecule has 2 saturated heterocycles. The number of fused-ring (bicyclic) bond motifs is 2. The van der Waals surface area contributed by atoms with E-state index in [1.165, 1.54) is 0 Å². The van der Waals surface area contributed by atoms with E-state index in [1.807, 2.05) is 97.1 Å². The second-order valence-corrected chi connectivity index (χ2v) is 19.6. The van der Waals surface area contributed by atoms with Gasteiger partial charge < -0.3 is 39.4 Å². The van der Waals surface area contributed by atoms with Crippen LogP contribution in [0.2, 0.25) is 0 Å². The van der Waals surface area contributed by atoms with E-state index in [0.717, 1.165) is 141 Å². The molecule has 418 valence electrons. The first-order valence-electron chi connectivity index (χ1n) is 26.4. The van der Waals surface area contributed by atoms with E-state index in [2.05, 4.69) is 73.3 Å². The molecule has 16 bridgehead atoms. The van der Waals surface area contributed by atoms with Crippen molar-refractivity contribution in [1.29, 1.82) is 0 Å². The largest absolute Gasteiger partial charge is 0.494 e.